The molecule has 1 atom stereocenters. The van der Waals surface area contributed by atoms with Crippen molar-refractivity contribution in [1.82, 2.24) is 19.7 Å². The van der Waals surface area contributed by atoms with Crippen LogP contribution in [0.5, 0.6) is 0 Å². The molecule has 0 bridgehead atoms. The maximum atomic E-state index is 12.5. The molecular weight excluding hydrogens is 324 g/mol. The Morgan fingerprint density at radius 2 is 2.38 bits per heavy atom. The van der Waals surface area contributed by atoms with E-state index in [0.717, 1.165) is 19.4 Å². The molecule has 1 aliphatic heterocycles. The highest BCUT2D eigenvalue weighted by Crippen LogP contribution is 2.25. The summed E-state index contributed by atoms with van der Waals surface area (Å²) in [5.41, 5.74) is 0. The molecule has 3 rings (SSSR count). The Bertz CT molecular complexity index is 696. The third-order valence-electron chi connectivity index (χ3n) is 4.22. The zero-order chi connectivity index (χ0) is 16.9. The van der Waals surface area contributed by atoms with Crippen molar-refractivity contribution in [1.29, 1.82) is 0 Å². The fourth-order valence-corrected chi connectivity index (χ4v) is 3.79. The van der Waals surface area contributed by atoms with Gasteiger partial charge >= 0.3 is 0 Å². The second kappa shape index (κ2) is 7.70. The van der Waals surface area contributed by atoms with Crippen molar-refractivity contribution in [2.75, 3.05) is 12.3 Å². The van der Waals surface area contributed by atoms with Crippen LogP contribution in [0.25, 0.3) is 11.6 Å². The number of hydrogen-bond donors (Lipinski definition) is 0. The highest BCUT2D eigenvalue weighted by Gasteiger charge is 2.24. The average molecular weight is 346 g/mol. The van der Waals surface area contributed by atoms with E-state index in [4.69, 9.17) is 4.42 Å². The maximum absolute atomic E-state index is 12.5. The molecule has 0 aromatic carbocycles. The van der Waals surface area contributed by atoms with Crippen LogP contribution >= 0.6 is 11.8 Å². The van der Waals surface area contributed by atoms with Gasteiger partial charge in [0.05, 0.1) is 12.0 Å². The van der Waals surface area contributed by atoms with Crippen molar-refractivity contribution in [3.63, 3.8) is 0 Å². The van der Waals surface area contributed by atoms with Gasteiger partial charge in [-0.15, -0.1) is 16.8 Å². The van der Waals surface area contributed by atoms with Gasteiger partial charge in [0.1, 0.15) is 0 Å². The number of allylic oxidation sites excluding steroid dienone is 1. The van der Waals surface area contributed by atoms with E-state index in [0.29, 0.717) is 35.1 Å². The predicted molar refractivity (Wildman–Crippen MR) is 93.7 cm³/mol. The van der Waals surface area contributed by atoms with Crippen molar-refractivity contribution in [2.24, 2.45) is 0 Å². The lowest BCUT2D eigenvalue weighted by Gasteiger charge is -2.33. The minimum atomic E-state index is 0.167. The van der Waals surface area contributed by atoms with E-state index >= 15 is 0 Å². The Hall–Kier alpha value is -2.02. The highest BCUT2D eigenvalue weighted by atomic mass is 32.2. The lowest BCUT2D eigenvalue weighted by atomic mass is 10.0. The zero-order valence-corrected chi connectivity index (χ0v) is 14.7. The minimum absolute atomic E-state index is 0.167. The van der Waals surface area contributed by atoms with Crippen LogP contribution in [0.3, 0.4) is 0 Å². The Balaban J connectivity index is 1.71. The number of carbonyl (C=O) groups is 1. The number of thioether (sulfide) groups is 1. The van der Waals surface area contributed by atoms with Crippen LogP contribution in [0, 0.1) is 0 Å². The van der Waals surface area contributed by atoms with Crippen molar-refractivity contribution in [2.45, 2.75) is 43.9 Å². The maximum Gasteiger partial charge on any atom is 0.233 e. The summed E-state index contributed by atoms with van der Waals surface area (Å²) in [4.78, 5) is 14.5. The molecule has 3 heterocycles. The van der Waals surface area contributed by atoms with Gasteiger partial charge in [-0.05, 0) is 38.3 Å². The molecule has 2 aromatic heterocycles. The van der Waals surface area contributed by atoms with E-state index in [1.165, 1.54) is 18.2 Å². The first-order valence-electron chi connectivity index (χ1n) is 8.21. The third kappa shape index (κ3) is 3.56. The van der Waals surface area contributed by atoms with E-state index in [1.807, 2.05) is 21.6 Å². The Kier molecular flexibility index (Phi) is 5.40. The van der Waals surface area contributed by atoms with Crippen molar-refractivity contribution < 1.29 is 9.21 Å². The SMILES string of the molecule is C=CCn1c(SCC(=O)N2CCCCC2C)nnc1-c1ccco1. The Labute approximate surface area is 145 Å². The van der Waals surface area contributed by atoms with Gasteiger partial charge in [0.15, 0.2) is 10.9 Å². The molecule has 0 spiro atoms. The predicted octanol–water partition coefficient (Wildman–Crippen LogP) is 3.22. The van der Waals surface area contributed by atoms with Crippen LogP contribution in [-0.4, -0.2) is 43.9 Å². The van der Waals surface area contributed by atoms with Gasteiger partial charge in [-0.1, -0.05) is 17.8 Å². The normalized spacial score (nSPS) is 17.9. The molecule has 1 aliphatic rings. The smallest absolute Gasteiger partial charge is 0.233 e. The lowest BCUT2D eigenvalue weighted by molar-refractivity contribution is -0.131. The van der Waals surface area contributed by atoms with Gasteiger partial charge in [-0.2, -0.15) is 0 Å². The Morgan fingerprint density at radius 3 is 3.08 bits per heavy atom. The van der Waals surface area contributed by atoms with Gasteiger partial charge in [0.25, 0.3) is 0 Å². The van der Waals surface area contributed by atoms with Crippen LogP contribution in [0.15, 0.2) is 40.6 Å². The fraction of sp³-hybridized carbons (Fsp3) is 0.471. The van der Waals surface area contributed by atoms with Crippen molar-refractivity contribution in [3.8, 4) is 11.6 Å². The molecule has 1 amide bonds. The number of rotatable bonds is 6. The molecular formula is C17H22N4O2S. The number of aromatic nitrogens is 3. The van der Waals surface area contributed by atoms with Crippen LogP contribution < -0.4 is 0 Å². The minimum Gasteiger partial charge on any atom is -0.461 e. The molecule has 0 aliphatic carbocycles. The molecule has 1 saturated heterocycles. The first kappa shape index (κ1) is 16.8. The zero-order valence-electron chi connectivity index (χ0n) is 13.9. The number of nitrogens with zero attached hydrogens (tertiary/aromatic N) is 4. The van der Waals surface area contributed by atoms with E-state index < -0.39 is 0 Å². The van der Waals surface area contributed by atoms with E-state index in [-0.39, 0.29) is 5.91 Å². The lowest BCUT2D eigenvalue weighted by Crippen LogP contribution is -2.43. The summed E-state index contributed by atoms with van der Waals surface area (Å²) in [6.07, 6.45) is 6.78. The van der Waals surface area contributed by atoms with Crippen molar-refractivity contribution >= 4 is 17.7 Å². The fourth-order valence-electron chi connectivity index (χ4n) is 2.96. The molecule has 0 saturated carbocycles. The molecule has 128 valence electrons. The summed E-state index contributed by atoms with van der Waals surface area (Å²) < 4.78 is 7.33. The van der Waals surface area contributed by atoms with Gasteiger partial charge < -0.3 is 9.32 Å². The molecule has 6 nitrogen and oxygen atoms in total. The standard InChI is InChI=1S/C17H22N4O2S/c1-3-9-21-16(14-8-6-11-23-14)18-19-17(21)24-12-15(22)20-10-5-4-7-13(20)2/h3,6,8,11,13H,1,4-5,7,9-10,12H2,2H3. The largest absolute Gasteiger partial charge is 0.461 e. The highest BCUT2D eigenvalue weighted by molar-refractivity contribution is 7.99. The summed E-state index contributed by atoms with van der Waals surface area (Å²) in [5.74, 6) is 1.85. The molecule has 24 heavy (non-hydrogen) atoms. The second-order valence-electron chi connectivity index (χ2n) is 5.90. The van der Waals surface area contributed by atoms with E-state index in [9.17, 15) is 4.79 Å². The number of furan rings is 1. The summed E-state index contributed by atoms with van der Waals surface area (Å²) in [5, 5.41) is 9.14. The molecule has 7 heteroatoms. The number of hydrogen-bond acceptors (Lipinski definition) is 5. The molecule has 0 N–H and O–H groups in total. The van der Waals surface area contributed by atoms with Crippen LogP contribution in [0.2, 0.25) is 0 Å². The summed E-state index contributed by atoms with van der Waals surface area (Å²) >= 11 is 1.42. The molecule has 0 radical (unpaired) electrons. The topological polar surface area (TPSA) is 64.2 Å². The quantitative estimate of drug-likeness (QED) is 0.593. The second-order valence-corrected chi connectivity index (χ2v) is 6.85. The van der Waals surface area contributed by atoms with Crippen LogP contribution in [0.1, 0.15) is 26.2 Å². The average Bonchev–Trinajstić information content (AvgIpc) is 3.23. The third-order valence-corrected chi connectivity index (χ3v) is 5.17. The monoisotopic (exact) mass is 346 g/mol. The molecule has 2 aromatic rings. The van der Waals surface area contributed by atoms with E-state index in [2.05, 4.69) is 23.7 Å². The molecule has 1 unspecified atom stereocenters. The molecule has 1 fully saturated rings. The van der Waals surface area contributed by atoms with Crippen molar-refractivity contribution in [3.05, 3.63) is 31.1 Å². The summed E-state index contributed by atoms with van der Waals surface area (Å²) in [6.45, 7) is 7.34. The number of piperidine rings is 1. The van der Waals surface area contributed by atoms with Gasteiger partial charge in [-0.3, -0.25) is 9.36 Å². The number of amides is 1. The first-order valence-corrected chi connectivity index (χ1v) is 9.19. The van der Waals surface area contributed by atoms with E-state index in [1.54, 1.807) is 12.3 Å². The van der Waals surface area contributed by atoms with Gasteiger partial charge in [-0.25, -0.2) is 0 Å². The van der Waals surface area contributed by atoms with Gasteiger partial charge in [0.2, 0.25) is 11.7 Å². The number of likely N-dealkylation sites (tertiary alicyclic amines) is 1. The Morgan fingerprint density at radius 1 is 1.50 bits per heavy atom. The summed E-state index contributed by atoms with van der Waals surface area (Å²) in [7, 11) is 0. The van der Waals surface area contributed by atoms with Gasteiger partial charge in [0, 0.05) is 19.1 Å². The van der Waals surface area contributed by atoms with Crippen LogP contribution in [0.4, 0.5) is 0 Å². The summed E-state index contributed by atoms with van der Waals surface area (Å²) in [6, 6.07) is 3.99. The first-order chi connectivity index (χ1) is 11.7. The number of carbonyl (C=O) groups excluding carboxylic acids is 1. The van der Waals surface area contributed by atoms with Crippen LogP contribution in [-0.2, 0) is 11.3 Å².